The third-order valence-corrected chi connectivity index (χ3v) is 2.88. The van der Waals surface area contributed by atoms with Crippen LogP contribution in [0.3, 0.4) is 0 Å². The molecule has 0 fully saturated rings. The van der Waals surface area contributed by atoms with Crippen LogP contribution in [0.1, 0.15) is 20.8 Å². The third-order valence-electron chi connectivity index (χ3n) is 2.05. The van der Waals surface area contributed by atoms with Gasteiger partial charge in [-0.25, -0.2) is 0 Å². The van der Waals surface area contributed by atoms with E-state index in [-0.39, 0.29) is 24.4 Å². The van der Waals surface area contributed by atoms with Gasteiger partial charge in [-0.2, -0.15) is 11.8 Å². The number of amides is 1. The third kappa shape index (κ3) is 5.06. The van der Waals surface area contributed by atoms with Gasteiger partial charge in [0, 0.05) is 17.7 Å². The molecule has 0 aliphatic heterocycles. The van der Waals surface area contributed by atoms with Crippen LogP contribution in [0, 0.1) is 5.92 Å². The molecule has 0 saturated heterocycles. The van der Waals surface area contributed by atoms with E-state index >= 15 is 0 Å². The second kappa shape index (κ2) is 6.71. The quantitative estimate of drug-likeness (QED) is 0.751. The number of carbonyl (C=O) groups is 2. The van der Waals surface area contributed by atoms with Crippen molar-refractivity contribution < 1.29 is 14.7 Å². The summed E-state index contributed by atoms with van der Waals surface area (Å²) in [5.41, 5.74) is 0. The summed E-state index contributed by atoms with van der Waals surface area (Å²) in [7, 11) is 0. The van der Waals surface area contributed by atoms with Gasteiger partial charge in [0.25, 0.3) is 0 Å². The Morgan fingerprint density at radius 3 is 2.20 bits per heavy atom. The van der Waals surface area contributed by atoms with Crippen molar-refractivity contribution in [2.75, 3.05) is 18.6 Å². The fourth-order valence-electron chi connectivity index (χ4n) is 1.27. The van der Waals surface area contributed by atoms with Crippen LogP contribution in [0.2, 0.25) is 0 Å². The Labute approximate surface area is 95.0 Å². The van der Waals surface area contributed by atoms with Gasteiger partial charge in [0.05, 0.1) is 0 Å². The van der Waals surface area contributed by atoms with Crippen molar-refractivity contribution in [1.82, 2.24) is 4.90 Å². The first kappa shape index (κ1) is 14.3. The van der Waals surface area contributed by atoms with Gasteiger partial charge in [-0.15, -0.1) is 0 Å². The van der Waals surface area contributed by atoms with Crippen molar-refractivity contribution in [3.8, 4) is 0 Å². The molecule has 88 valence electrons. The molecule has 0 aromatic rings. The zero-order chi connectivity index (χ0) is 12.0. The van der Waals surface area contributed by atoms with Crippen LogP contribution in [-0.2, 0) is 9.59 Å². The highest BCUT2D eigenvalue weighted by molar-refractivity contribution is 7.98. The van der Waals surface area contributed by atoms with Gasteiger partial charge in [0.15, 0.2) is 0 Å². The summed E-state index contributed by atoms with van der Waals surface area (Å²) in [6, 6.07) is -0.0714. The maximum absolute atomic E-state index is 11.9. The summed E-state index contributed by atoms with van der Waals surface area (Å²) in [4.78, 5) is 23.9. The van der Waals surface area contributed by atoms with Gasteiger partial charge in [-0.05, 0) is 20.1 Å². The van der Waals surface area contributed by atoms with E-state index < -0.39 is 5.97 Å². The predicted molar refractivity (Wildman–Crippen MR) is 62.0 cm³/mol. The van der Waals surface area contributed by atoms with Crippen molar-refractivity contribution in [2.45, 2.75) is 26.8 Å². The van der Waals surface area contributed by atoms with Crippen molar-refractivity contribution in [2.24, 2.45) is 5.92 Å². The first-order valence-corrected chi connectivity index (χ1v) is 6.30. The molecule has 0 aliphatic rings. The fraction of sp³-hybridized carbons (Fsp3) is 0.800. The summed E-state index contributed by atoms with van der Waals surface area (Å²) >= 11 is 1.59. The molecule has 0 bridgehead atoms. The summed E-state index contributed by atoms with van der Waals surface area (Å²) in [6.45, 7) is 5.27. The van der Waals surface area contributed by atoms with Crippen LogP contribution in [0.4, 0.5) is 0 Å². The zero-order valence-corrected chi connectivity index (χ0v) is 10.5. The van der Waals surface area contributed by atoms with Gasteiger partial charge in [0.2, 0.25) is 5.91 Å². The first-order chi connectivity index (χ1) is 6.90. The minimum absolute atomic E-state index is 0.0714. The summed E-state index contributed by atoms with van der Waals surface area (Å²) in [5, 5.41) is 8.69. The highest BCUT2D eigenvalue weighted by Crippen LogP contribution is 2.11. The standard InChI is InChI=1S/C10H19NO3S/c1-7(2)11(5-9(12)13)10(14)8(3)6-15-4/h7-8H,5-6H2,1-4H3,(H,12,13). The average molecular weight is 233 g/mol. The Balaban J connectivity index is 4.47. The molecule has 0 aromatic carbocycles. The second-order valence-electron chi connectivity index (χ2n) is 3.81. The molecule has 5 heteroatoms. The minimum atomic E-state index is -0.964. The molecule has 0 spiro atoms. The Hall–Kier alpha value is -0.710. The number of rotatable bonds is 6. The van der Waals surface area contributed by atoms with Crippen LogP contribution in [0.25, 0.3) is 0 Å². The molecule has 1 N–H and O–H groups in total. The topological polar surface area (TPSA) is 57.6 Å². The molecule has 0 heterocycles. The van der Waals surface area contributed by atoms with Crippen molar-refractivity contribution in [3.05, 3.63) is 0 Å². The van der Waals surface area contributed by atoms with E-state index in [1.54, 1.807) is 11.8 Å². The molecular formula is C10H19NO3S. The molecular weight excluding hydrogens is 214 g/mol. The van der Waals surface area contributed by atoms with Crippen molar-refractivity contribution in [3.63, 3.8) is 0 Å². The maximum Gasteiger partial charge on any atom is 0.323 e. The van der Waals surface area contributed by atoms with E-state index in [4.69, 9.17) is 5.11 Å². The molecule has 0 radical (unpaired) electrons. The molecule has 0 aliphatic carbocycles. The van der Waals surface area contributed by atoms with Crippen LogP contribution >= 0.6 is 11.8 Å². The largest absolute Gasteiger partial charge is 0.480 e. The molecule has 0 rings (SSSR count). The summed E-state index contributed by atoms with van der Waals surface area (Å²) in [6.07, 6.45) is 1.93. The number of nitrogens with zero attached hydrogens (tertiary/aromatic N) is 1. The number of aliphatic carboxylic acids is 1. The second-order valence-corrected chi connectivity index (χ2v) is 4.72. The van der Waals surface area contributed by atoms with Crippen LogP contribution in [-0.4, -0.2) is 46.5 Å². The number of hydrogen-bond donors (Lipinski definition) is 1. The van der Waals surface area contributed by atoms with Gasteiger partial charge in [-0.1, -0.05) is 6.92 Å². The van der Waals surface area contributed by atoms with E-state index in [1.807, 2.05) is 27.0 Å². The average Bonchev–Trinajstić information content (AvgIpc) is 2.12. The molecule has 1 atom stereocenters. The SMILES string of the molecule is CSCC(C)C(=O)N(CC(=O)O)C(C)C. The lowest BCUT2D eigenvalue weighted by Crippen LogP contribution is -2.43. The first-order valence-electron chi connectivity index (χ1n) is 4.91. The number of carboxylic acids is 1. The number of carbonyl (C=O) groups excluding carboxylic acids is 1. The van der Waals surface area contributed by atoms with Gasteiger partial charge in [0.1, 0.15) is 6.54 Å². The monoisotopic (exact) mass is 233 g/mol. The fourth-order valence-corrected chi connectivity index (χ4v) is 1.91. The summed E-state index contributed by atoms with van der Waals surface area (Å²) in [5.74, 6) is -0.446. The van der Waals surface area contributed by atoms with Gasteiger partial charge in [-0.3, -0.25) is 9.59 Å². The van der Waals surface area contributed by atoms with Crippen molar-refractivity contribution >= 4 is 23.6 Å². The zero-order valence-electron chi connectivity index (χ0n) is 9.69. The maximum atomic E-state index is 11.9. The highest BCUT2D eigenvalue weighted by Gasteiger charge is 2.24. The van der Waals surface area contributed by atoms with Crippen molar-refractivity contribution in [1.29, 1.82) is 0 Å². The van der Waals surface area contributed by atoms with E-state index in [1.165, 1.54) is 4.90 Å². The van der Waals surface area contributed by atoms with Gasteiger partial charge >= 0.3 is 5.97 Å². The Kier molecular flexibility index (Phi) is 6.40. The molecule has 15 heavy (non-hydrogen) atoms. The summed E-state index contributed by atoms with van der Waals surface area (Å²) < 4.78 is 0. The Bertz CT molecular complexity index is 231. The number of thioether (sulfide) groups is 1. The van der Waals surface area contributed by atoms with E-state index in [0.717, 1.165) is 5.75 Å². The lowest BCUT2D eigenvalue weighted by Gasteiger charge is -2.27. The lowest BCUT2D eigenvalue weighted by atomic mass is 10.1. The van der Waals surface area contributed by atoms with Crippen LogP contribution in [0.5, 0.6) is 0 Å². The minimum Gasteiger partial charge on any atom is -0.480 e. The molecule has 0 saturated carbocycles. The van der Waals surface area contributed by atoms with E-state index in [0.29, 0.717) is 0 Å². The van der Waals surface area contributed by atoms with Crippen LogP contribution in [0.15, 0.2) is 0 Å². The number of carboxylic acid groups (broad SMARTS) is 1. The molecule has 1 amide bonds. The molecule has 1 unspecified atom stereocenters. The number of hydrogen-bond acceptors (Lipinski definition) is 3. The Morgan fingerprint density at radius 1 is 1.33 bits per heavy atom. The smallest absolute Gasteiger partial charge is 0.323 e. The predicted octanol–water partition coefficient (Wildman–Crippen LogP) is 1.31. The molecule has 4 nitrogen and oxygen atoms in total. The van der Waals surface area contributed by atoms with E-state index in [2.05, 4.69) is 0 Å². The lowest BCUT2D eigenvalue weighted by molar-refractivity contribution is -0.147. The van der Waals surface area contributed by atoms with Gasteiger partial charge < -0.3 is 10.0 Å². The highest BCUT2D eigenvalue weighted by atomic mass is 32.2. The normalized spacial score (nSPS) is 12.6. The molecule has 0 aromatic heterocycles. The Morgan fingerprint density at radius 2 is 1.87 bits per heavy atom. The van der Waals surface area contributed by atoms with Crippen LogP contribution < -0.4 is 0 Å². The van der Waals surface area contributed by atoms with E-state index in [9.17, 15) is 9.59 Å².